The van der Waals surface area contributed by atoms with Gasteiger partial charge in [0.15, 0.2) is 0 Å². The number of anilines is 1. The zero-order valence-electron chi connectivity index (χ0n) is 14.9. The normalized spacial score (nSPS) is 18.8. The molecular weight excluding hydrogens is 346 g/mol. The third-order valence-electron chi connectivity index (χ3n) is 5.40. The third-order valence-corrected chi connectivity index (χ3v) is 7.29. The smallest absolute Gasteiger partial charge is 0.243 e. The molecule has 1 saturated heterocycles. The maximum atomic E-state index is 13.0. The second-order valence-corrected chi connectivity index (χ2v) is 9.15. The number of sulfonamides is 1. The van der Waals surface area contributed by atoms with Crippen molar-refractivity contribution in [3.05, 3.63) is 59.2 Å². The Hall–Kier alpha value is -1.89. The summed E-state index contributed by atoms with van der Waals surface area (Å²) in [5, 5.41) is 0. The van der Waals surface area contributed by atoms with Crippen molar-refractivity contribution in [2.45, 2.75) is 30.7 Å². The minimum absolute atomic E-state index is 0.447. The van der Waals surface area contributed by atoms with Gasteiger partial charge in [-0.05, 0) is 60.2 Å². The Morgan fingerprint density at radius 1 is 0.923 bits per heavy atom. The van der Waals surface area contributed by atoms with Crippen LogP contribution in [0, 0.1) is 0 Å². The number of nitrogen functional groups attached to an aromatic ring is 1. The number of rotatable bonds is 4. The maximum Gasteiger partial charge on any atom is 0.243 e. The molecular formula is C20H25N3O2S. The number of piperazine rings is 1. The predicted octanol–water partition coefficient (Wildman–Crippen LogP) is 2.26. The van der Waals surface area contributed by atoms with Crippen molar-refractivity contribution in [1.29, 1.82) is 0 Å². The summed E-state index contributed by atoms with van der Waals surface area (Å²) >= 11 is 0. The Kier molecular flexibility index (Phi) is 4.73. The summed E-state index contributed by atoms with van der Waals surface area (Å²) in [7, 11) is -3.40. The lowest BCUT2D eigenvalue weighted by molar-refractivity contribution is 0.181. The fourth-order valence-electron chi connectivity index (χ4n) is 3.94. The molecule has 5 nitrogen and oxygen atoms in total. The molecule has 2 aromatic rings. The van der Waals surface area contributed by atoms with Crippen LogP contribution in [0.4, 0.5) is 5.69 Å². The molecule has 2 aliphatic rings. The van der Waals surface area contributed by atoms with Crippen molar-refractivity contribution in [2.75, 3.05) is 31.9 Å². The number of hydrogen-bond acceptors (Lipinski definition) is 4. The standard InChI is InChI=1S/C20H25N3O2S/c21-19-6-1-3-16(13-19)15-22-9-11-23(12-10-22)26(24,25)20-8-7-17-4-2-5-18(17)14-20/h1,3,6-8,13-14H,2,4-5,9-12,15,21H2. The van der Waals surface area contributed by atoms with Gasteiger partial charge in [0.25, 0.3) is 0 Å². The molecule has 0 bridgehead atoms. The van der Waals surface area contributed by atoms with Gasteiger partial charge in [0.05, 0.1) is 4.90 Å². The van der Waals surface area contributed by atoms with E-state index in [1.165, 1.54) is 16.7 Å². The van der Waals surface area contributed by atoms with Crippen LogP contribution in [0.2, 0.25) is 0 Å². The molecule has 1 fully saturated rings. The van der Waals surface area contributed by atoms with Gasteiger partial charge < -0.3 is 5.73 Å². The molecule has 138 valence electrons. The molecule has 26 heavy (non-hydrogen) atoms. The maximum absolute atomic E-state index is 13.0. The number of nitrogens with two attached hydrogens (primary N) is 1. The summed E-state index contributed by atoms with van der Waals surface area (Å²) in [4.78, 5) is 2.73. The average molecular weight is 372 g/mol. The summed E-state index contributed by atoms with van der Waals surface area (Å²) < 4.78 is 27.6. The van der Waals surface area contributed by atoms with E-state index in [-0.39, 0.29) is 0 Å². The first-order valence-electron chi connectivity index (χ1n) is 9.21. The summed E-state index contributed by atoms with van der Waals surface area (Å²) in [5.41, 5.74) is 10.3. The van der Waals surface area contributed by atoms with E-state index in [0.717, 1.165) is 44.6 Å². The highest BCUT2D eigenvalue weighted by Gasteiger charge is 2.29. The van der Waals surface area contributed by atoms with Crippen LogP contribution in [0.15, 0.2) is 47.4 Å². The molecule has 0 spiro atoms. The van der Waals surface area contributed by atoms with Crippen molar-refractivity contribution in [3.63, 3.8) is 0 Å². The monoisotopic (exact) mass is 371 g/mol. The van der Waals surface area contributed by atoms with Crippen LogP contribution in [0.25, 0.3) is 0 Å². The van der Waals surface area contributed by atoms with Crippen LogP contribution in [0.3, 0.4) is 0 Å². The van der Waals surface area contributed by atoms with E-state index in [0.29, 0.717) is 18.0 Å². The molecule has 6 heteroatoms. The predicted molar refractivity (Wildman–Crippen MR) is 103 cm³/mol. The van der Waals surface area contributed by atoms with Crippen LogP contribution >= 0.6 is 0 Å². The number of hydrogen-bond donors (Lipinski definition) is 1. The number of fused-ring (bicyclic) bond motifs is 1. The minimum Gasteiger partial charge on any atom is -0.399 e. The molecule has 0 saturated carbocycles. The van der Waals surface area contributed by atoms with Gasteiger partial charge in [-0.25, -0.2) is 8.42 Å². The molecule has 1 heterocycles. The number of aryl methyl sites for hydroxylation is 2. The van der Waals surface area contributed by atoms with E-state index in [1.54, 1.807) is 10.4 Å². The second-order valence-electron chi connectivity index (χ2n) is 7.21. The summed E-state index contributed by atoms with van der Waals surface area (Å²) in [6, 6.07) is 13.5. The first-order valence-corrected chi connectivity index (χ1v) is 10.6. The molecule has 4 rings (SSSR count). The van der Waals surface area contributed by atoms with E-state index in [2.05, 4.69) is 11.0 Å². The van der Waals surface area contributed by atoms with Gasteiger partial charge in [-0.15, -0.1) is 0 Å². The third kappa shape index (κ3) is 3.49. The van der Waals surface area contributed by atoms with Gasteiger partial charge in [-0.3, -0.25) is 4.90 Å². The Bertz CT molecular complexity index is 903. The van der Waals surface area contributed by atoms with Crippen LogP contribution < -0.4 is 5.73 Å². The highest BCUT2D eigenvalue weighted by atomic mass is 32.2. The fraction of sp³-hybridized carbons (Fsp3) is 0.400. The van der Waals surface area contributed by atoms with Crippen molar-refractivity contribution >= 4 is 15.7 Å². The van der Waals surface area contributed by atoms with Gasteiger partial charge in [-0.1, -0.05) is 18.2 Å². The lowest BCUT2D eigenvalue weighted by atomic mass is 10.1. The van der Waals surface area contributed by atoms with Crippen molar-refractivity contribution < 1.29 is 8.42 Å². The zero-order chi connectivity index (χ0) is 18.1. The lowest BCUT2D eigenvalue weighted by Crippen LogP contribution is -2.48. The van der Waals surface area contributed by atoms with Crippen molar-refractivity contribution in [3.8, 4) is 0 Å². The summed E-state index contributed by atoms with van der Waals surface area (Å²) in [6.07, 6.45) is 3.19. The Balaban J connectivity index is 1.42. The minimum atomic E-state index is -3.40. The second kappa shape index (κ2) is 7.02. The molecule has 0 unspecified atom stereocenters. The molecule has 2 N–H and O–H groups in total. The van der Waals surface area contributed by atoms with E-state index in [9.17, 15) is 8.42 Å². The molecule has 0 aromatic heterocycles. The van der Waals surface area contributed by atoms with Crippen LogP contribution in [-0.2, 0) is 29.4 Å². The largest absolute Gasteiger partial charge is 0.399 e. The van der Waals surface area contributed by atoms with Crippen LogP contribution in [-0.4, -0.2) is 43.8 Å². The fourth-order valence-corrected chi connectivity index (χ4v) is 5.41. The SMILES string of the molecule is Nc1cccc(CN2CCN(S(=O)(=O)c3ccc4c(c3)CCC4)CC2)c1. The average Bonchev–Trinajstić information content (AvgIpc) is 3.10. The molecule has 1 aliphatic heterocycles. The summed E-state index contributed by atoms with van der Waals surface area (Å²) in [5.74, 6) is 0. The first kappa shape index (κ1) is 17.5. The van der Waals surface area contributed by atoms with E-state index < -0.39 is 10.0 Å². The van der Waals surface area contributed by atoms with Gasteiger partial charge in [-0.2, -0.15) is 4.31 Å². The Morgan fingerprint density at radius 3 is 2.46 bits per heavy atom. The van der Waals surface area contributed by atoms with E-state index >= 15 is 0 Å². The van der Waals surface area contributed by atoms with Crippen molar-refractivity contribution in [2.24, 2.45) is 0 Å². The van der Waals surface area contributed by atoms with Crippen molar-refractivity contribution in [1.82, 2.24) is 9.21 Å². The van der Waals surface area contributed by atoms with E-state index in [1.807, 2.05) is 30.3 Å². The van der Waals surface area contributed by atoms with Crippen LogP contribution in [0.5, 0.6) is 0 Å². The first-order chi connectivity index (χ1) is 12.5. The Labute approximate surface area is 155 Å². The number of benzene rings is 2. The van der Waals surface area contributed by atoms with Gasteiger partial charge >= 0.3 is 0 Å². The molecule has 2 aromatic carbocycles. The molecule has 0 atom stereocenters. The number of nitrogens with zero attached hydrogens (tertiary/aromatic N) is 2. The highest BCUT2D eigenvalue weighted by molar-refractivity contribution is 7.89. The lowest BCUT2D eigenvalue weighted by Gasteiger charge is -2.34. The van der Waals surface area contributed by atoms with Gasteiger partial charge in [0, 0.05) is 38.4 Å². The molecule has 0 radical (unpaired) electrons. The zero-order valence-corrected chi connectivity index (χ0v) is 15.7. The van der Waals surface area contributed by atoms with Gasteiger partial charge in [0.1, 0.15) is 0 Å². The molecule has 1 aliphatic carbocycles. The highest BCUT2D eigenvalue weighted by Crippen LogP contribution is 2.27. The quantitative estimate of drug-likeness (QED) is 0.837. The van der Waals surface area contributed by atoms with Crippen LogP contribution in [0.1, 0.15) is 23.1 Å². The molecule has 0 amide bonds. The van der Waals surface area contributed by atoms with Gasteiger partial charge in [0.2, 0.25) is 10.0 Å². The Morgan fingerprint density at radius 2 is 1.69 bits per heavy atom. The topological polar surface area (TPSA) is 66.6 Å². The van der Waals surface area contributed by atoms with E-state index in [4.69, 9.17) is 5.73 Å². The summed E-state index contributed by atoms with van der Waals surface area (Å²) in [6.45, 7) is 3.33.